The standard InChI is InChI=1S/C12H16B2F2O5.H2S/c15-13(18)20-8-4-7-11(21-14(16)19)9-12(17)10-5-2-1-3-6-10;/h1-3,5-6,11,18-19H,4,7-9H2;1H2. The molecule has 1 aromatic rings. The Hall–Kier alpha value is -0.930. The maximum atomic E-state index is 12.5. The van der Waals surface area contributed by atoms with Crippen molar-refractivity contribution in [2.45, 2.75) is 25.4 Å². The molecule has 10 heteroatoms. The molecule has 0 heterocycles. The van der Waals surface area contributed by atoms with Gasteiger partial charge in [0.15, 0.2) is 5.78 Å². The number of rotatable bonds is 10. The Kier molecular flexibility index (Phi) is 11.1. The highest BCUT2D eigenvalue weighted by Crippen LogP contribution is 2.13. The molecule has 1 atom stereocenters. The number of Topliss-reactive ketones (excluding diaryl/α,β-unsaturated/α-hetero) is 1. The van der Waals surface area contributed by atoms with E-state index < -0.39 is 20.9 Å². The number of ketones is 1. The first kappa shape index (κ1) is 21.1. The monoisotopic (exact) mass is 334 g/mol. The van der Waals surface area contributed by atoms with Gasteiger partial charge in [0.1, 0.15) is 0 Å². The fourth-order valence-electron chi connectivity index (χ4n) is 1.82. The molecular weight excluding hydrogens is 316 g/mol. The number of benzene rings is 1. The van der Waals surface area contributed by atoms with Gasteiger partial charge in [-0.05, 0) is 12.8 Å². The SMILES string of the molecule is O=C(CC(CCCOB(O)F)OB(O)F)c1ccccc1.S. The van der Waals surface area contributed by atoms with Crippen LogP contribution in [0.5, 0.6) is 0 Å². The van der Waals surface area contributed by atoms with Crippen molar-refractivity contribution in [3.8, 4) is 0 Å². The average Bonchev–Trinajstić information content (AvgIpc) is 2.43. The molecule has 0 bridgehead atoms. The fraction of sp³-hybridized carbons (Fsp3) is 0.417. The van der Waals surface area contributed by atoms with Crippen molar-refractivity contribution in [2.75, 3.05) is 6.61 Å². The summed E-state index contributed by atoms with van der Waals surface area (Å²) in [6, 6.07) is 8.39. The average molecular weight is 334 g/mol. The van der Waals surface area contributed by atoms with E-state index in [0.717, 1.165) is 0 Å². The maximum absolute atomic E-state index is 12.5. The van der Waals surface area contributed by atoms with Gasteiger partial charge >= 0.3 is 14.8 Å². The van der Waals surface area contributed by atoms with Crippen LogP contribution >= 0.6 is 13.5 Å². The molecule has 0 amide bonds. The minimum absolute atomic E-state index is 0. The van der Waals surface area contributed by atoms with Gasteiger partial charge in [-0.25, -0.2) is 0 Å². The summed E-state index contributed by atoms with van der Waals surface area (Å²) in [5, 5.41) is 16.9. The summed E-state index contributed by atoms with van der Waals surface area (Å²) in [5.74, 6) is -0.257. The second kappa shape index (κ2) is 11.6. The first-order valence-electron chi connectivity index (χ1n) is 6.48. The number of carbonyl (C=O) groups excluding carboxylic acids is 1. The highest BCUT2D eigenvalue weighted by atomic mass is 32.1. The molecule has 0 aliphatic heterocycles. The van der Waals surface area contributed by atoms with Gasteiger partial charge in [0.05, 0.1) is 6.10 Å². The van der Waals surface area contributed by atoms with Crippen LogP contribution in [0.15, 0.2) is 30.3 Å². The van der Waals surface area contributed by atoms with Crippen LogP contribution in [0.2, 0.25) is 0 Å². The lowest BCUT2D eigenvalue weighted by Crippen LogP contribution is -2.26. The normalized spacial score (nSPS) is 11.5. The predicted octanol–water partition coefficient (Wildman–Crippen LogP) is 1.45. The molecule has 22 heavy (non-hydrogen) atoms. The molecule has 0 saturated heterocycles. The number of hydrogen-bond donors (Lipinski definition) is 2. The minimum atomic E-state index is -2.49. The van der Waals surface area contributed by atoms with Crippen molar-refractivity contribution < 1.29 is 32.8 Å². The van der Waals surface area contributed by atoms with Crippen molar-refractivity contribution >= 4 is 34.1 Å². The molecule has 0 saturated carbocycles. The first-order valence-corrected chi connectivity index (χ1v) is 6.48. The van der Waals surface area contributed by atoms with E-state index in [2.05, 4.69) is 9.31 Å². The zero-order valence-corrected chi connectivity index (χ0v) is 12.8. The van der Waals surface area contributed by atoms with Crippen molar-refractivity contribution in [1.29, 1.82) is 0 Å². The molecule has 1 aromatic carbocycles. The van der Waals surface area contributed by atoms with Gasteiger partial charge in [0.25, 0.3) is 0 Å². The molecule has 0 spiro atoms. The van der Waals surface area contributed by atoms with E-state index in [4.69, 9.17) is 10.0 Å². The molecule has 122 valence electrons. The molecule has 1 rings (SSSR count). The van der Waals surface area contributed by atoms with E-state index in [1.807, 2.05) is 0 Å². The predicted molar refractivity (Wildman–Crippen MR) is 84.0 cm³/mol. The van der Waals surface area contributed by atoms with Gasteiger partial charge in [-0.1, -0.05) is 30.3 Å². The summed E-state index contributed by atoms with van der Waals surface area (Å²) < 4.78 is 33.4. The molecule has 0 aromatic heterocycles. The second-order valence-electron chi connectivity index (χ2n) is 4.35. The third-order valence-corrected chi connectivity index (χ3v) is 2.74. The topological polar surface area (TPSA) is 76.0 Å². The van der Waals surface area contributed by atoms with Crippen molar-refractivity contribution in [3.05, 3.63) is 35.9 Å². The third-order valence-electron chi connectivity index (χ3n) is 2.74. The van der Waals surface area contributed by atoms with E-state index >= 15 is 0 Å². The van der Waals surface area contributed by atoms with E-state index in [0.29, 0.717) is 5.56 Å². The Morgan fingerprint density at radius 1 is 1.18 bits per heavy atom. The van der Waals surface area contributed by atoms with Crippen molar-refractivity contribution in [1.82, 2.24) is 0 Å². The largest absolute Gasteiger partial charge is 0.677 e. The van der Waals surface area contributed by atoms with Gasteiger partial charge in [-0.15, -0.1) is 0 Å². The summed E-state index contributed by atoms with van der Waals surface area (Å²) in [5.41, 5.74) is 0.454. The van der Waals surface area contributed by atoms with E-state index in [1.165, 1.54) is 0 Å². The quantitative estimate of drug-likeness (QED) is 0.385. The molecule has 2 N–H and O–H groups in total. The number of hydrogen-bond acceptors (Lipinski definition) is 5. The number of halogens is 2. The summed E-state index contributed by atoms with van der Waals surface area (Å²) >= 11 is 0. The van der Waals surface area contributed by atoms with Crippen LogP contribution in [0.3, 0.4) is 0 Å². The highest BCUT2D eigenvalue weighted by Gasteiger charge is 2.23. The Morgan fingerprint density at radius 3 is 2.36 bits per heavy atom. The van der Waals surface area contributed by atoms with Gasteiger partial charge < -0.3 is 19.4 Å². The maximum Gasteiger partial charge on any atom is 0.677 e. The Morgan fingerprint density at radius 2 is 1.82 bits per heavy atom. The lowest BCUT2D eigenvalue weighted by molar-refractivity contribution is 0.0815. The van der Waals surface area contributed by atoms with E-state index in [-0.39, 0.29) is 45.1 Å². The minimum Gasteiger partial charge on any atom is -0.398 e. The molecular formula is C12H18B2F2O5S. The van der Waals surface area contributed by atoms with Gasteiger partial charge in [-0.3, -0.25) is 13.4 Å². The lowest BCUT2D eigenvalue weighted by Gasteiger charge is -2.16. The van der Waals surface area contributed by atoms with Crippen molar-refractivity contribution in [3.63, 3.8) is 0 Å². The molecule has 0 fully saturated rings. The van der Waals surface area contributed by atoms with Crippen LogP contribution in [-0.4, -0.2) is 43.3 Å². The summed E-state index contributed by atoms with van der Waals surface area (Å²) in [6.45, 7) is -0.112. The van der Waals surface area contributed by atoms with Crippen LogP contribution in [0, 0.1) is 0 Å². The second-order valence-corrected chi connectivity index (χ2v) is 4.35. The molecule has 1 unspecified atom stereocenters. The Bertz CT molecular complexity index is 425. The third kappa shape index (κ3) is 9.16. The lowest BCUT2D eigenvalue weighted by atomic mass is 10.0. The molecule has 0 aliphatic rings. The van der Waals surface area contributed by atoms with Gasteiger partial charge in [0.2, 0.25) is 0 Å². The van der Waals surface area contributed by atoms with Crippen LogP contribution in [0.4, 0.5) is 8.63 Å². The van der Waals surface area contributed by atoms with Crippen LogP contribution in [-0.2, 0) is 9.31 Å². The summed E-state index contributed by atoms with van der Waals surface area (Å²) in [7, 11) is -4.87. The van der Waals surface area contributed by atoms with Crippen molar-refractivity contribution in [2.24, 2.45) is 0 Å². The fourth-order valence-corrected chi connectivity index (χ4v) is 1.82. The van der Waals surface area contributed by atoms with Crippen LogP contribution < -0.4 is 0 Å². The molecule has 0 radical (unpaired) electrons. The Labute approximate surface area is 135 Å². The zero-order chi connectivity index (χ0) is 15.7. The van der Waals surface area contributed by atoms with E-state index in [1.54, 1.807) is 30.3 Å². The van der Waals surface area contributed by atoms with Gasteiger partial charge in [0, 0.05) is 18.6 Å². The Balaban J connectivity index is 0.00000441. The highest BCUT2D eigenvalue weighted by molar-refractivity contribution is 7.59. The smallest absolute Gasteiger partial charge is 0.398 e. The summed E-state index contributed by atoms with van der Waals surface area (Å²) in [6.07, 6.45) is -0.575. The zero-order valence-electron chi connectivity index (χ0n) is 11.8. The first-order chi connectivity index (χ1) is 9.99. The van der Waals surface area contributed by atoms with Gasteiger partial charge in [-0.2, -0.15) is 13.5 Å². The van der Waals surface area contributed by atoms with Crippen LogP contribution in [0.1, 0.15) is 29.6 Å². The number of carbonyl (C=O) groups is 1. The van der Waals surface area contributed by atoms with Crippen LogP contribution in [0.25, 0.3) is 0 Å². The molecule has 5 nitrogen and oxygen atoms in total. The van der Waals surface area contributed by atoms with E-state index in [9.17, 15) is 13.4 Å². The summed E-state index contributed by atoms with van der Waals surface area (Å²) in [4.78, 5) is 12.0. The molecule has 0 aliphatic carbocycles.